The minimum Gasteiger partial charge on any atom is -0.465 e. The molecule has 1 saturated carbocycles. The second-order valence-electron chi connectivity index (χ2n) is 6.32. The molecular weight excluding hydrogens is 340 g/mol. The molecule has 2 amide bonds. The Morgan fingerprint density at radius 2 is 2.00 bits per heavy atom. The number of hydrogen-bond donors (Lipinski definition) is 3. The van der Waals surface area contributed by atoms with Crippen LogP contribution >= 0.6 is 0 Å². The van der Waals surface area contributed by atoms with E-state index in [1.165, 1.54) is 12.0 Å². The van der Waals surface area contributed by atoms with Crippen LogP contribution in [0.1, 0.15) is 24.8 Å². The van der Waals surface area contributed by atoms with Gasteiger partial charge in [-0.2, -0.15) is 0 Å². The predicted octanol–water partition coefficient (Wildman–Crippen LogP) is 1.82. The number of alkyl carbamates (subject to hydrolysis) is 1. The van der Waals surface area contributed by atoms with Gasteiger partial charge in [0, 0.05) is 19.7 Å². The van der Waals surface area contributed by atoms with Crippen molar-refractivity contribution in [3.63, 3.8) is 0 Å². The summed E-state index contributed by atoms with van der Waals surface area (Å²) in [5.41, 5.74) is 0.890. The van der Waals surface area contributed by atoms with Crippen molar-refractivity contribution < 1.29 is 29.3 Å². The summed E-state index contributed by atoms with van der Waals surface area (Å²) < 4.78 is 10.1. The molecule has 0 bridgehead atoms. The Kier molecular flexibility index (Phi) is 7.68. The van der Waals surface area contributed by atoms with E-state index in [1.807, 2.05) is 30.3 Å². The van der Waals surface area contributed by atoms with Gasteiger partial charge in [-0.3, -0.25) is 0 Å². The van der Waals surface area contributed by atoms with E-state index in [4.69, 9.17) is 9.47 Å². The van der Waals surface area contributed by atoms with E-state index in [0.29, 0.717) is 12.8 Å². The summed E-state index contributed by atoms with van der Waals surface area (Å²) in [6, 6.07) is 8.60. The Balaban J connectivity index is 1.79. The molecule has 3 atom stereocenters. The van der Waals surface area contributed by atoms with Crippen molar-refractivity contribution in [3.8, 4) is 0 Å². The van der Waals surface area contributed by atoms with Crippen LogP contribution in [0.3, 0.4) is 0 Å². The topological polar surface area (TPSA) is 108 Å². The summed E-state index contributed by atoms with van der Waals surface area (Å²) in [5, 5.41) is 22.4. The van der Waals surface area contributed by atoms with Crippen molar-refractivity contribution in [2.24, 2.45) is 0 Å². The number of carboxylic acid groups (broad SMARTS) is 1. The van der Waals surface area contributed by atoms with Gasteiger partial charge < -0.3 is 29.9 Å². The molecule has 0 aliphatic heterocycles. The first-order valence-electron chi connectivity index (χ1n) is 8.65. The zero-order chi connectivity index (χ0) is 18.9. The van der Waals surface area contributed by atoms with Crippen LogP contribution in [0, 0.1) is 0 Å². The normalized spacial score (nSPS) is 22.5. The standard InChI is InChI=1S/C18H26N2O6/c1-25-10-9-20(18(23)24)15-8-7-14(11-16(15)21)19-17(22)26-12-13-5-3-2-4-6-13/h2-6,14-16,21H,7-12H2,1H3,(H,19,22)(H,23,24)/t14-,15-,16-/m0/s1. The predicted molar refractivity (Wildman–Crippen MR) is 93.8 cm³/mol. The number of carbonyl (C=O) groups excluding carboxylic acids is 1. The summed E-state index contributed by atoms with van der Waals surface area (Å²) in [5.74, 6) is 0. The number of aliphatic hydroxyl groups is 1. The lowest BCUT2D eigenvalue weighted by Gasteiger charge is -2.38. The van der Waals surface area contributed by atoms with Crippen LogP contribution < -0.4 is 5.32 Å². The van der Waals surface area contributed by atoms with Crippen molar-refractivity contribution in [1.29, 1.82) is 0 Å². The molecule has 0 aromatic heterocycles. The van der Waals surface area contributed by atoms with Crippen molar-refractivity contribution >= 4 is 12.2 Å². The van der Waals surface area contributed by atoms with Crippen molar-refractivity contribution in [2.75, 3.05) is 20.3 Å². The highest BCUT2D eigenvalue weighted by Crippen LogP contribution is 2.24. The van der Waals surface area contributed by atoms with E-state index >= 15 is 0 Å². The van der Waals surface area contributed by atoms with Crippen molar-refractivity contribution in [2.45, 2.75) is 44.1 Å². The Morgan fingerprint density at radius 3 is 2.62 bits per heavy atom. The molecule has 0 saturated heterocycles. The highest BCUT2D eigenvalue weighted by molar-refractivity contribution is 5.67. The third kappa shape index (κ3) is 5.89. The highest BCUT2D eigenvalue weighted by atomic mass is 16.5. The third-order valence-electron chi connectivity index (χ3n) is 4.50. The fraction of sp³-hybridized carbons (Fsp3) is 0.556. The van der Waals surface area contributed by atoms with Gasteiger partial charge in [-0.15, -0.1) is 0 Å². The van der Waals surface area contributed by atoms with Crippen LogP contribution in [0.4, 0.5) is 9.59 Å². The number of benzene rings is 1. The molecule has 1 aromatic rings. The molecule has 144 valence electrons. The highest BCUT2D eigenvalue weighted by Gasteiger charge is 2.35. The van der Waals surface area contributed by atoms with Crippen LogP contribution in [0.2, 0.25) is 0 Å². The van der Waals surface area contributed by atoms with Gasteiger partial charge in [0.05, 0.1) is 18.8 Å². The number of carbonyl (C=O) groups is 2. The second kappa shape index (κ2) is 9.98. The number of rotatable bonds is 7. The second-order valence-corrected chi connectivity index (χ2v) is 6.32. The minimum atomic E-state index is -1.08. The molecule has 0 radical (unpaired) electrons. The lowest BCUT2D eigenvalue weighted by atomic mass is 9.88. The average Bonchev–Trinajstić information content (AvgIpc) is 2.62. The van der Waals surface area contributed by atoms with Crippen LogP contribution in [-0.2, 0) is 16.1 Å². The number of amides is 2. The Labute approximate surface area is 152 Å². The first-order valence-corrected chi connectivity index (χ1v) is 8.65. The maximum atomic E-state index is 11.9. The molecule has 0 spiro atoms. The zero-order valence-corrected chi connectivity index (χ0v) is 14.8. The lowest BCUT2D eigenvalue weighted by molar-refractivity contribution is 0.00545. The first-order chi connectivity index (χ1) is 12.5. The lowest BCUT2D eigenvalue weighted by Crippen LogP contribution is -2.53. The van der Waals surface area contributed by atoms with E-state index < -0.39 is 24.3 Å². The maximum absolute atomic E-state index is 11.9. The van der Waals surface area contributed by atoms with Gasteiger partial charge >= 0.3 is 12.2 Å². The molecule has 8 nitrogen and oxygen atoms in total. The number of methoxy groups -OCH3 is 1. The third-order valence-corrected chi connectivity index (χ3v) is 4.50. The van der Waals surface area contributed by atoms with Gasteiger partial charge in [0.1, 0.15) is 6.61 Å². The minimum absolute atomic E-state index is 0.175. The maximum Gasteiger partial charge on any atom is 0.407 e. The quantitative estimate of drug-likeness (QED) is 0.679. The smallest absolute Gasteiger partial charge is 0.407 e. The molecule has 8 heteroatoms. The SMILES string of the molecule is COCCN(C(=O)O)[C@H]1CC[C@H](NC(=O)OCc2ccccc2)C[C@@H]1O. The van der Waals surface area contributed by atoms with Gasteiger partial charge in [0.15, 0.2) is 0 Å². The van der Waals surface area contributed by atoms with Crippen LogP contribution in [-0.4, -0.2) is 65.7 Å². The van der Waals surface area contributed by atoms with Gasteiger partial charge in [-0.1, -0.05) is 30.3 Å². The molecule has 26 heavy (non-hydrogen) atoms. The van der Waals surface area contributed by atoms with Gasteiger partial charge in [-0.05, 0) is 24.8 Å². The van der Waals surface area contributed by atoms with E-state index in [2.05, 4.69) is 5.32 Å². The Morgan fingerprint density at radius 1 is 1.27 bits per heavy atom. The first kappa shape index (κ1) is 20.0. The van der Waals surface area contributed by atoms with E-state index in [0.717, 1.165) is 5.56 Å². The fourth-order valence-corrected chi connectivity index (χ4v) is 3.15. The monoisotopic (exact) mass is 366 g/mol. The van der Waals surface area contributed by atoms with Crippen LogP contribution in [0.25, 0.3) is 0 Å². The number of aliphatic hydroxyl groups excluding tert-OH is 1. The van der Waals surface area contributed by atoms with Gasteiger partial charge in [0.25, 0.3) is 0 Å². The zero-order valence-electron chi connectivity index (χ0n) is 14.8. The number of nitrogens with one attached hydrogen (secondary N) is 1. The molecule has 1 fully saturated rings. The summed E-state index contributed by atoms with van der Waals surface area (Å²) >= 11 is 0. The molecule has 3 N–H and O–H groups in total. The van der Waals surface area contributed by atoms with E-state index in [9.17, 15) is 19.8 Å². The molecule has 1 aromatic carbocycles. The Hall–Kier alpha value is -2.32. The summed E-state index contributed by atoms with van der Waals surface area (Å²) in [4.78, 5) is 24.5. The fourth-order valence-electron chi connectivity index (χ4n) is 3.15. The van der Waals surface area contributed by atoms with Crippen LogP contribution in [0.15, 0.2) is 30.3 Å². The van der Waals surface area contributed by atoms with Crippen LogP contribution in [0.5, 0.6) is 0 Å². The van der Waals surface area contributed by atoms with E-state index in [1.54, 1.807) is 0 Å². The molecule has 0 heterocycles. The van der Waals surface area contributed by atoms with E-state index in [-0.39, 0.29) is 32.2 Å². The molecule has 0 unspecified atom stereocenters. The van der Waals surface area contributed by atoms with Gasteiger partial charge in [-0.25, -0.2) is 9.59 Å². The van der Waals surface area contributed by atoms with Crippen molar-refractivity contribution in [1.82, 2.24) is 10.2 Å². The van der Waals surface area contributed by atoms with Gasteiger partial charge in [0.2, 0.25) is 0 Å². The summed E-state index contributed by atoms with van der Waals surface area (Å²) in [6.07, 6.45) is -1.17. The van der Waals surface area contributed by atoms with Crippen molar-refractivity contribution in [3.05, 3.63) is 35.9 Å². The molecule has 1 aliphatic carbocycles. The molecule has 1 aliphatic rings. The molecular formula is C18H26N2O6. The largest absolute Gasteiger partial charge is 0.465 e. The number of hydrogen-bond acceptors (Lipinski definition) is 5. The summed E-state index contributed by atoms with van der Waals surface area (Å²) in [7, 11) is 1.50. The number of nitrogens with zero attached hydrogens (tertiary/aromatic N) is 1. The number of ether oxygens (including phenoxy) is 2. The Bertz CT molecular complexity index is 582. The average molecular weight is 366 g/mol. The summed E-state index contributed by atoms with van der Waals surface area (Å²) in [6.45, 7) is 0.641. The molecule has 2 rings (SSSR count).